The van der Waals surface area contributed by atoms with Crippen molar-refractivity contribution in [1.82, 2.24) is 19.7 Å². The van der Waals surface area contributed by atoms with Gasteiger partial charge in [0.1, 0.15) is 17.3 Å². The number of aromatic amines is 1. The number of urea groups is 1. The molecule has 0 aliphatic carbocycles. The van der Waals surface area contributed by atoms with E-state index in [1.807, 2.05) is 24.3 Å². The number of benzene rings is 2. The van der Waals surface area contributed by atoms with Gasteiger partial charge in [-0.3, -0.25) is 15.1 Å². The molecule has 0 aliphatic heterocycles. The normalized spacial score (nSPS) is 11.3. The van der Waals surface area contributed by atoms with Gasteiger partial charge in [-0.15, -0.1) is 0 Å². The second-order valence-corrected chi connectivity index (χ2v) is 9.57. The largest absolute Gasteiger partial charge is 0.456 e. The zero-order valence-corrected chi connectivity index (χ0v) is 20.6. The molecule has 2 amide bonds. The van der Waals surface area contributed by atoms with Crippen LogP contribution in [-0.2, 0) is 5.41 Å². The number of anilines is 2. The Balaban J connectivity index is 1.40. The minimum atomic E-state index is -0.426. The number of ether oxygens (including phenoxy) is 1. The molecule has 0 saturated heterocycles. The molecule has 5 aromatic rings. The summed E-state index contributed by atoms with van der Waals surface area (Å²) >= 11 is 0. The molecule has 3 aromatic heterocycles. The number of carbonyl (C=O) groups is 1. The van der Waals surface area contributed by atoms with Crippen LogP contribution in [0.4, 0.5) is 16.3 Å². The molecule has 0 aliphatic rings. The van der Waals surface area contributed by atoms with E-state index in [-0.39, 0.29) is 11.0 Å². The summed E-state index contributed by atoms with van der Waals surface area (Å²) in [5.74, 6) is 1.68. The van der Waals surface area contributed by atoms with E-state index in [1.54, 1.807) is 59.5 Å². The summed E-state index contributed by atoms with van der Waals surface area (Å²) in [5, 5.41) is 11.4. The van der Waals surface area contributed by atoms with Gasteiger partial charge in [-0.05, 0) is 48.5 Å². The fourth-order valence-electron chi connectivity index (χ4n) is 3.77. The number of pyridine rings is 2. The Labute approximate surface area is 213 Å². The van der Waals surface area contributed by atoms with Crippen molar-refractivity contribution in [2.75, 3.05) is 10.6 Å². The highest BCUT2D eigenvalue weighted by Gasteiger charge is 2.22. The number of hydrogen-bond donors (Lipinski definition) is 3. The summed E-state index contributed by atoms with van der Waals surface area (Å²) in [5.41, 5.74) is 2.45. The number of nitrogens with one attached hydrogen (secondary N) is 3. The van der Waals surface area contributed by atoms with Crippen LogP contribution >= 0.6 is 0 Å². The van der Waals surface area contributed by atoms with Crippen molar-refractivity contribution in [3.05, 3.63) is 101 Å². The Morgan fingerprint density at radius 2 is 1.78 bits per heavy atom. The van der Waals surface area contributed by atoms with E-state index in [4.69, 9.17) is 9.84 Å². The Morgan fingerprint density at radius 1 is 0.946 bits per heavy atom. The number of amides is 2. The van der Waals surface area contributed by atoms with Crippen LogP contribution in [0.1, 0.15) is 26.5 Å². The van der Waals surface area contributed by atoms with Gasteiger partial charge in [-0.25, -0.2) is 9.48 Å². The number of hydrogen-bond acceptors (Lipinski definition) is 5. The second-order valence-electron chi connectivity index (χ2n) is 9.57. The highest BCUT2D eigenvalue weighted by molar-refractivity contribution is 5.99. The Bertz CT molecular complexity index is 1630. The van der Waals surface area contributed by atoms with Gasteiger partial charge in [0.2, 0.25) is 5.56 Å². The first-order chi connectivity index (χ1) is 17.7. The van der Waals surface area contributed by atoms with Crippen LogP contribution in [0.3, 0.4) is 0 Å². The van der Waals surface area contributed by atoms with Crippen molar-refractivity contribution in [3.63, 3.8) is 0 Å². The number of fused-ring (bicyclic) bond motifs is 1. The quantitative estimate of drug-likeness (QED) is 0.284. The molecule has 186 valence electrons. The molecule has 37 heavy (non-hydrogen) atoms. The standard InChI is InChI=1S/C28H26N6O3/c1-28(2,3)24-16-25(34(33-24)20-10-11-23-18(14-20)9-12-26(35)31-23)32-27(36)30-19-6-4-7-21(15-19)37-22-8-5-13-29-17-22/h4-17H,1-3H3,(H,31,35)(H2,30,32,36). The molecule has 3 heterocycles. The highest BCUT2D eigenvalue weighted by atomic mass is 16.5. The highest BCUT2D eigenvalue weighted by Crippen LogP contribution is 2.28. The van der Waals surface area contributed by atoms with Crippen molar-refractivity contribution in [1.29, 1.82) is 0 Å². The molecular weight excluding hydrogens is 468 g/mol. The van der Waals surface area contributed by atoms with E-state index in [0.717, 1.165) is 22.3 Å². The van der Waals surface area contributed by atoms with Gasteiger partial charge in [-0.1, -0.05) is 26.8 Å². The van der Waals surface area contributed by atoms with E-state index in [1.165, 1.54) is 6.07 Å². The molecule has 5 rings (SSSR count). The Kier molecular flexibility index (Phi) is 6.19. The maximum Gasteiger partial charge on any atom is 0.324 e. The zero-order chi connectivity index (χ0) is 26.0. The zero-order valence-electron chi connectivity index (χ0n) is 20.6. The number of nitrogens with zero attached hydrogens (tertiary/aromatic N) is 3. The molecular formula is C28H26N6O3. The first-order valence-corrected chi connectivity index (χ1v) is 11.7. The maximum absolute atomic E-state index is 13.0. The molecule has 9 nitrogen and oxygen atoms in total. The van der Waals surface area contributed by atoms with Crippen molar-refractivity contribution < 1.29 is 9.53 Å². The van der Waals surface area contributed by atoms with E-state index in [2.05, 4.69) is 41.4 Å². The average Bonchev–Trinajstić information content (AvgIpc) is 3.29. The lowest BCUT2D eigenvalue weighted by molar-refractivity contribution is 0.262. The molecule has 2 aromatic carbocycles. The lowest BCUT2D eigenvalue weighted by Crippen LogP contribution is -2.21. The fourth-order valence-corrected chi connectivity index (χ4v) is 3.77. The molecule has 0 bridgehead atoms. The maximum atomic E-state index is 13.0. The summed E-state index contributed by atoms with van der Waals surface area (Å²) in [6.07, 6.45) is 3.29. The molecule has 0 fully saturated rings. The average molecular weight is 495 g/mol. The summed E-state index contributed by atoms with van der Waals surface area (Å²) < 4.78 is 7.50. The molecule has 0 atom stereocenters. The van der Waals surface area contributed by atoms with E-state index in [9.17, 15) is 9.59 Å². The lowest BCUT2D eigenvalue weighted by atomic mass is 9.92. The molecule has 0 unspecified atom stereocenters. The summed E-state index contributed by atoms with van der Waals surface area (Å²) in [6, 6.07) is 20.9. The fraction of sp³-hybridized carbons (Fsp3) is 0.143. The Morgan fingerprint density at radius 3 is 2.57 bits per heavy atom. The summed E-state index contributed by atoms with van der Waals surface area (Å²) in [6.45, 7) is 6.17. The molecule has 0 spiro atoms. The van der Waals surface area contributed by atoms with Crippen LogP contribution in [0.2, 0.25) is 0 Å². The van der Waals surface area contributed by atoms with E-state index < -0.39 is 6.03 Å². The minimum absolute atomic E-state index is 0.164. The van der Waals surface area contributed by atoms with E-state index >= 15 is 0 Å². The first kappa shape index (κ1) is 23.8. The molecule has 0 radical (unpaired) electrons. The van der Waals surface area contributed by atoms with Crippen molar-refractivity contribution in [2.24, 2.45) is 0 Å². The van der Waals surface area contributed by atoms with Gasteiger partial charge in [0.25, 0.3) is 0 Å². The molecule has 9 heteroatoms. The van der Waals surface area contributed by atoms with Crippen LogP contribution in [0.25, 0.3) is 16.6 Å². The third-order valence-electron chi connectivity index (χ3n) is 5.63. The summed E-state index contributed by atoms with van der Waals surface area (Å²) in [7, 11) is 0. The van der Waals surface area contributed by atoms with Crippen LogP contribution in [0.15, 0.2) is 90.0 Å². The predicted molar refractivity (Wildman–Crippen MR) is 144 cm³/mol. The topological polar surface area (TPSA) is 114 Å². The molecule has 3 N–H and O–H groups in total. The van der Waals surface area contributed by atoms with Crippen LogP contribution in [0, 0.1) is 0 Å². The van der Waals surface area contributed by atoms with Gasteiger partial charge in [-0.2, -0.15) is 5.10 Å². The van der Waals surface area contributed by atoms with Gasteiger partial charge in [0.15, 0.2) is 0 Å². The third kappa shape index (κ3) is 5.51. The van der Waals surface area contributed by atoms with Crippen LogP contribution in [0.5, 0.6) is 11.5 Å². The smallest absolute Gasteiger partial charge is 0.324 e. The number of rotatable bonds is 5. The minimum Gasteiger partial charge on any atom is -0.456 e. The van der Waals surface area contributed by atoms with Gasteiger partial charge in [0.05, 0.1) is 17.6 Å². The van der Waals surface area contributed by atoms with Crippen LogP contribution in [-0.4, -0.2) is 25.8 Å². The lowest BCUT2D eigenvalue weighted by Gasteiger charge is -2.14. The van der Waals surface area contributed by atoms with Crippen molar-refractivity contribution >= 4 is 28.4 Å². The van der Waals surface area contributed by atoms with Crippen molar-refractivity contribution in [2.45, 2.75) is 26.2 Å². The number of carbonyl (C=O) groups excluding carboxylic acids is 1. The van der Waals surface area contributed by atoms with E-state index in [0.29, 0.717) is 23.0 Å². The van der Waals surface area contributed by atoms with Gasteiger partial charge < -0.3 is 15.0 Å². The van der Waals surface area contributed by atoms with Gasteiger partial charge >= 0.3 is 6.03 Å². The Hall–Kier alpha value is -4.92. The number of aromatic nitrogens is 4. The van der Waals surface area contributed by atoms with Crippen molar-refractivity contribution in [3.8, 4) is 17.2 Å². The predicted octanol–water partition coefficient (Wildman–Crippen LogP) is 5.84. The van der Waals surface area contributed by atoms with Gasteiger partial charge in [0, 0.05) is 46.4 Å². The monoisotopic (exact) mass is 494 g/mol. The molecule has 0 saturated carbocycles. The third-order valence-corrected chi connectivity index (χ3v) is 5.63. The number of H-pyrrole nitrogens is 1. The second kappa shape index (κ2) is 9.62. The first-order valence-electron chi connectivity index (χ1n) is 11.7. The summed E-state index contributed by atoms with van der Waals surface area (Å²) in [4.78, 5) is 31.5. The van der Waals surface area contributed by atoms with Crippen LogP contribution < -0.4 is 20.9 Å². The SMILES string of the molecule is CC(C)(C)c1cc(NC(=O)Nc2cccc(Oc3cccnc3)c2)n(-c2ccc3[nH]c(=O)ccc3c2)n1.